The lowest BCUT2D eigenvalue weighted by atomic mass is 9.99. The third-order valence-corrected chi connectivity index (χ3v) is 4.55. The molecule has 3 atom stereocenters. The van der Waals surface area contributed by atoms with Gasteiger partial charge in [-0.05, 0) is 63.3 Å². The van der Waals surface area contributed by atoms with E-state index in [-0.39, 0.29) is 11.9 Å². The van der Waals surface area contributed by atoms with E-state index in [1.54, 1.807) is 0 Å². The van der Waals surface area contributed by atoms with Crippen molar-refractivity contribution < 1.29 is 9.53 Å². The maximum absolute atomic E-state index is 12.5. The molecule has 1 saturated heterocycles. The van der Waals surface area contributed by atoms with Crippen molar-refractivity contribution in [2.24, 2.45) is 0 Å². The van der Waals surface area contributed by atoms with Crippen LogP contribution in [0.15, 0.2) is 18.2 Å². The molecule has 0 radical (unpaired) electrons. The molecule has 0 bridgehead atoms. The van der Waals surface area contributed by atoms with Gasteiger partial charge in [-0.3, -0.25) is 4.79 Å². The highest BCUT2D eigenvalue weighted by molar-refractivity contribution is 5.81. The van der Waals surface area contributed by atoms with Crippen molar-refractivity contribution in [3.63, 3.8) is 0 Å². The Labute approximate surface area is 140 Å². The van der Waals surface area contributed by atoms with Gasteiger partial charge in [0.2, 0.25) is 0 Å². The van der Waals surface area contributed by atoms with Crippen LogP contribution in [-0.4, -0.2) is 30.6 Å². The van der Waals surface area contributed by atoms with E-state index in [2.05, 4.69) is 43.5 Å². The van der Waals surface area contributed by atoms with Crippen molar-refractivity contribution in [2.75, 3.05) is 6.54 Å². The molecule has 2 rings (SSSR count). The normalized spacial score (nSPS) is 22.7. The quantitative estimate of drug-likeness (QED) is 0.877. The van der Waals surface area contributed by atoms with E-state index in [1.807, 2.05) is 19.9 Å². The number of ether oxygens (including phenoxy) is 1. The lowest BCUT2D eigenvalue weighted by Gasteiger charge is -2.31. The molecule has 3 unspecified atom stereocenters. The Morgan fingerprint density at radius 1 is 1.35 bits per heavy atom. The van der Waals surface area contributed by atoms with Crippen molar-refractivity contribution in [2.45, 2.75) is 71.6 Å². The van der Waals surface area contributed by atoms with Crippen LogP contribution < -0.4 is 15.4 Å². The summed E-state index contributed by atoms with van der Waals surface area (Å²) in [7, 11) is 0. The van der Waals surface area contributed by atoms with Crippen molar-refractivity contribution in [3.8, 4) is 5.75 Å². The molecule has 0 aromatic heterocycles. The Kier molecular flexibility index (Phi) is 6.05. The fourth-order valence-corrected chi connectivity index (χ4v) is 3.01. The molecule has 1 aliphatic heterocycles. The number of rotatable bonds is 5. The van der Waals surface area contributed by atoms with Gasteiger partial charge in [0.15, 0.2) is 6.10 Å². The first kappa shape index (κ1) is 17.8. The van der Waals surface area contributed by atoms with Crippen LogP contribution in [-0.2, 0) is 4.79 Å². The number of piperidine rings is 1. The van der Waals surface area contributed by atoms with Gasteiger partial charge < -0.3 is 15.4 Å². The second kappa shape index (κ2) is 7.82. The average molecular weight is 318 g/mol. The molecule has 1 aromatic rings. The molecule has 1 heterocycles. The van der Waals surface area contributed by atoms with E-state index in [0.717, 1.165) is 36.3 Å². The molecule has 0 aliphatic carbocycles. The summed E-state index contributed by atoms with van der Waals surface area (Å²) in [6.07, 6.45) is 1.62. The predicted molar refractivity (Wildman–Crippen MR) is 94.0 cm³/mol. The van der Waals surface area contributed by atoms with Gasteiger partial charge >= 0.3 is 0 Å². The molecule has 0 saturated carbocycles. The lowest BCUT2D eigenvalue weighted by Crippen LogP contribution is -2.54. The van der Waals surface area contributed by atoms with Gasteiger partial charge in [0.05, 0.1) is 0 Å². The summed E-state index contributed by atoms with van der Waals surface area (Å²) in [5, 5.41) is 6.53. The van der Waals surface area contributed by atoms with Gasteiger partial charge in [0.1, 0.15) is 5.75 Å². The highest BCUT2D eigenvalue weighted by Gasteiger charge is 2.25. The second-order valence-electron chi connectivity index (χ2n) is 6.96. The van der Waals surface area contributed by atoms with Gasteiger partial charge in [-0.2, -0.15) is 0 Å². The minimum absolute atomic E-state index is 0.0400. The Morgan fingerprint density at radius 2 is 2.09 bits per heavy atom. The van der Waals surface area contributed by atoms with Gasteiger partial charge in [-0.25, -0.2) is 0 Å². The van der Waals surface area contributed by atoms with E-state index >= 15 is 0 Å². The van der Waals surface area contributed by atoms with Crippen LogP contribution in [0.4, 0.5) is 0 Å². The van der Waals surface area contributed by atoms with Crippen molar-refractivity contribution in [1.82, 2.24) is 10.6 Å². The summed E-state index contributed by atoms with van der Waals surface area (Å²) in [5.41, 5.74) is 2.28. The number of hydrogen-bond acceptors (Lipinski definition) is 3. The van der Waals surface area contributed by atoms with Gasteiger partial charge in [-0.15, -0.1) is 0 Å². The molecule has 2 N–H and O–H groups in total. The summed E-state index contributed by atoms with van der Waals surface area (Å²) >= 11 is 0. The Bertz CT molecular complexity index is 542. The largest absolute Gasteiger partial charge is 0.481 e. The molecular formula is C19H30N2O2. The van der Waals surface area contributed by atoms with Gasteiger partial charge in [-0.1, -0.05) is 26.0 Å². The lowest BCUT2D eigenvalue weighted by molar-refractivity contribution is -0.128. The number of carbonyl (C=O) groups excluding carboxylic acids is 1. The van der Waals surface area contributed by atoms with E-state index in [0.29, 0.717) is 12.0 Å². The number of nitrogens with one attached hydrogen (secondary N) is 2. The van der Waals surface area contributed by atoms with Crippen LogP contribution in [0.5, 0.6) is 5.75 Å². The highest BCUT2D eigenvalue weighted by atomic mass is 16.5. The van der Waals surface area contributed by atoms with E-state index in [1.165, 1.54) is 0 Å². The molecule has 1 aromatic carbocycles. The van der Waals surface area contributed by atoms with Crippen molar-refractivity contribution >= 4 is 5.91 Å². The maximum atomic E-state index is 12.5. The Hall–Kier alpha value is -1.55. The van der Waals surface area contributed by atoms with Crippen LogP contribution in [0.25, 0.3) is 0 Å². The molecule has 1 amide bonds. The monoisotopic (exact) mass is 318 g/mol. The molecule has 1 fully saturated rings. The molecule has 4 heteroatoms. The van der Waals surface area contributed by atoms with E-state index < -0.39 is 6.10 Å². The van der Waals surface area contributed by atoms with Crippen molar-refractivity contribution in [3.05, 3.63) is 29.3 Å². The van der Waals surface area contributed by atoms with E-state index in [4.69, 9.17) is 4.74 Å². The zero-order chi connectivity index (χ0) is 17.0. The fourth-order valence-electron chi connectivity index (χ4n) is 3.01. The third kappa shape index (κ3) is 4.71. The highest BCUT2D eigenvalue weighted by Crippen LogP contribution is 2.28. The molecule has 23 heavy (non-hydrogen) atoms. The number of hydrogen-bond donors (Lipinski definition) is 2. The fraction of sp³-hybridized carbons (Fsp3) is 0.632. The Morgan fingerprint density at radius 3 is 2.74 bits per heavy atom. The first-order valence-electron chi connectivity index (χ1n) is 8.69. The van der Waals surface area contributed by atoms with Crippen LogP contribution >= 0.6 is 0 Å². The smallest absolute Gasteiger partial charge is 0.261 e. The first-order chi connectivity index (χ1) is 10.9. The number of carbonyl (C=O) groups is 1. The Balaban J connectivity index is 2.02. The third-order valence-electron chi connectivity index (χ3n) is 4.55. The molecule has 4 nitrogen and oxygen atoms in total. The summed E-state index contributed by atoms with van der Waals surface area (Å²) in [6, 6.07) is 6.69. The summed E-state index contributed by atoms with van der Waals surface area (Å²) in [6.45, 7) is 11.3. The standard InChI is InChI=1S/C19H30N2O2/c1-12(2)16-9-8-13(3)11-18(16)23-15(5)19(22)21-17-7-6-10-20-14(17)4/h8-9,11-12,14-15,17,20H,6-7,10H2,1-5H3,(H,21,22). The van der Waals surface area contributed by atoms with Crippen LogP contribution in [0.1, 0.15) is 57.6 Å². The second-order valence-corrected chi connectivity index (χ2v) is 6.96. The molecular weight excluding hydrogens is 288 g/mol. The number of amides is 1. The summed E-state index contributed by atoms with van der Waals surface area (Å²) in [5.74, 6) is 1.14. The molecule has 1 aliphatic rings. The summed E-state index contributed by atoms with van der Waals surface area (Å²) in [4.78, 5) is 12.5. The zero-order valence-corrected chi connectivity index (χ0v) is 15.0. The van der Waals surface area contributed by atoms with Gasteiger partial charge in [0, 0.05) is 12.1 Å². The zero-order valence-electron chi connectivity index (χ0n) is 15.0. The van der Waals surface area contributed by atoms with Crippen LogP contribution in [0.3, 0.4) is 0 Å². The van der Waals surface area contributed by atoms with Crippen LogP contribution in [0, 0.1) is 6.92 Å². The minimum atomic E-state index is -0.497. The maximum Gasteiger partial charge on any atom is 0.261 e. The molecule has 128 valence electrons. The first-order valence-corrected chi connectivity index (χ1v) is 8.69. The predicted octanol–water partition coefficient (Wildman–Crippen LogP) is 3.14. The van der Waals surface area contributed by atoms with Gasteiger partial charge in [0.25, 0.3) is 5.91 Å². The number of aryl methyl sites for hydroxylation is 1. The SMILES string of the molecule is Cc1ccc(C(C)C)c(OC(C)C(=O)NC2CCCNC2C)c1. The molecule has 0 spiro atoms. The van der Waals surface area contributed by atoms with Crippen molar-refractivity contribution in [1.29, 1.82) is 0 Å². The van der Waals surface area contributed by atoms with Crippen LogP contribution in [0.2, 0.25) is 0 Å². The average Bonchev–Trinajstić information content (AvgIpc) is 2.49. The minimum Gasteiger partial charge on any atom is -0.481 e. The van der Waals surface area contributed by atoms with E-state index in [9.17, 15) is 4.79 Å². The summed E-state index contributed by atoms with van der Waals surface area (Å²) < 4.78 is 5.99. The topological polar surface area (TPSA) is 50.4 Å². The number of benzene rings is 1.